The second-order valence-electron chi connectivity index (χ2n) is 8.77. The lowest BCUT2D eigenvalue weighted by Gasteiger charge is -2.38. The Bertz CT molecular complexity index is 656. The van der Waals surface area contributed by atoms with Gasteiger partial charge < -0.3 is 9.31 Å². The summed E-state index contributed by atoms with van der Waals surface area (Å²) in [5, 5.41) is 0. The SMILES string of the molecule is CCCCC1=C(CCCC)[B-]2(OC(C)(C)C(C)(C)O2)c2ccccc21. The van der Waals surface area contributed by atoms with Crippen LogP contribution in [0.15, 0.2) is 29.7 Å². The van der Waals surface area contributed by atoms with Gasteiger partial charge in [0.15, 0.2) is 0 Å². The molecule has 1 saturated heterocycles. The van der Waals surface area contributed by atoms with Gasteiger partial charge in [-0.25, -0.2) is 0 Å². The third kappa shape index (κ3) is 2.90. The lowest BCUT2D eigenvalue weighted by molar-refractivity contribution is 0.00578. The van der Waals surface area contributed by atoms with Gasteiger partial charge in [-0.15, -0.1) is 5.46 Å². The van der Waals surface area contributed by atoms with Crippen LogP contribution in [0.4, 0.5) is 0 Å². The maximum atomic E-state index is 6.84. The molecule has 0 bridgehead atoms. The summed E-state index contributed by atoms with van der Waals surface area (Å²) in [5.74, 6) is 0. The van der Waals surface area contributed by atoms with E-state index < -0.39 is 6.55 Å². The number of benzene rings is 1. The molecule has 0 aromatic heterocycles. The second kappa shape index (κ2) is 6.59. The van der Waals surface area contributed by atoms with Crippen LogP contribution in [0.25, 0.3) is 5.57 Å². The average Bonchev–Trinajstić information content (AvgIpc) is 2.90. The maximum Gasteiger partial charge on any atom is 0.296 e. The summed E-state index contributed by atoms with van der Waals surface area (Å²) in [5.41, 5.74) is 4.97. The summed E-state index contributed by atoms with van der Waals surface area (Å²) in [7, 11) is 0. The summed E-state index contributed by atoms with van der Waals surface area (Å²) >= 11 is 0. The van der Waals surface area contributed by atoms with E-state index in [0.29, 0.717) is 0 Å². The van der Waals surface area contributed by atoms with Crippen molar-refractivity contribution in [2.24, 2.45) is 0 Å². The van der Waals surface area contributed by atoms with Crippen molar-refractivity contribution in [1.82, 2.24) is 0 Å². The highest BCUT2D eigenvalue weighted by Gasteiger charge is 2.56. The fourth-order valence-corrected chi connectivity index (χ4v) is 4.46. The third-order valence-corrected chi connectivity index (χ3v) is 6.49. The smallest absolute Gasteiger partial charge is 0.296 e. The molecular weight excluding hydrogens is 307 g/mol. The highest BCUT2D eigenvalue weighted by atomic mass is 16.7. The molecule has 1 aromatic carbocycles. The molecule has 1 fully saturated rings. The molecule has 0 N–H and O–H groups in total. The molecule has 2 nitrogen and oxygen atoms in total. The van der Waals surface area contributed by atoms with Crippen molar-refractivity contribution in [3.05, 3.63) is 35.3 Å². The highest BCUT2D eigenvalue weighted by Crippen LogP contribution is 2.50. The summed E-state index contributed by atoms with van der Waals surface area (Å²) < 4.78 is 13.7. The fourth-order valence-electron chi connectivity index (χ4n) is 4.46. The zero-order chi connectivity index (χ0) is 18.3. The minimum absolute atomic E-state index is 0.308. The molecule has 0 unspecified atom stereocenters. The van der Waals surface area contributed by atoms with E-state index in [1.54, 1.807) is 0 Å². The molecule has 2 heterocycles. The van der Waals surface area contributed by atoms with Crippen LogP contribution in [0.5, 0.6) is 0 Å². The van der Waals surface area contributed by atoms with E-state index in [2.05, 4.69) is 65.8 Å². The summed E-state index contributed by atoms with van der Waals surface area (Å²) in [6.45, 7) is 11.7. The Labute approximate surface area is 154 Å². The van der Waals surface area contributed by atoms with Crippen molar-refractivity contribution in [3.8, 4) is 0 Å². The Hall–Kier alpha value is -1.06. The number of hydrogen-bond acceptors (Lipinski definition) is 2. The minimum atomic E-state index is -1.53. The Morgan fingerprint density at radius 3 is 2.00 bits per heavy atom. The largest absolute Gasteiger partial charge is 0.555 e. The summed E-state index contributed by atoms with van der Waals surface area (Å²) in [6.07, 6.45) is 7.03. The van der Waals surface area contributed by atoms with Crippen molar-refractivity contribution in [1.29, 1.82) is 0 Å². The Morgan fingerprint density at radius 1 is 0.840 bits per heavy atom. The van der Waals surface area contributed by atoms with Crippen molar-refractivity contribution in [2.45, 2.75) is 91.3 Å². The third-order valence-electron chi connectivity index (χ3n) is 6.49. The van der Waals surface area contributed by atoms with E-state index in [9.17, 15) is 0 Å². The van der Waals surface area contributed by atoms with E-state index in [1.807, 2.05) is 0 Å². The van der Waals surface area contributed by atoms with Crippen LogP contribution < -0.4 is 5.46 Å². The molecule has 1 aromatic rings. The van der Waals surface area contributed by atoms with E-state index in [-0.39, 0.29) is 11.2 Å². The first-order valence-electron chi connectivity index (χ1n) is 10.2. The quantitative estimate of drug-likeness (QED) is 0.625. The van der Waals surface area contributed by atoms with E-state index in [1.165, 1.54) is 47.8 Å². The van der Waals surface area contributed by atoms with Gasteiger partial charge in [0.05, 0.1) is 0 Å². The van der Waals surface area contributed by atoms with Gasteiger partial charge in [-0.05, 0) is 40.5 Å². The first-order chi connectivity index (χ1) is 11.8. The normalized spacial score (nSPS) is 22.6. The molecule has 3 rings (SSSR count). The lowest BCUT2D eigenvalue weighted by Crippen LogP contribution is -2.52. The van der Waals surface area contributed by atoms with Crippen LogP contribution in [0.2, 0.25) is 0 Å². The van der Waals surface area contributed by atoms with Crippen LogP contribution in [0, 0.1) is 0 Å². The molecular formula is C22H34BO2-. The standard InChI is InChI=1S/C22H34BO2/c1-7-9-13-17-18-14-11-12-16-20(18)23(19(17)15-10-8-2)24-21(3,4)22(5,6)25-23/h11-12,14,16H,7-10,13,15H2,1-6H3/q-1. The molecule has 2 aliphatic heterocycles. The first kappa shape index (κ1) is 18.7. The first-order valence-corrected chi connectivity index (χ1v) is 10.2. The molecule has 25 heavy (non-hydrogen) atoms. The summed E-state index contributed by atoms with van der Waals surface area (Å²) in [4.78, 5) is 0. The second-order valence-corrected chi connectivity index (χ2v) is 8.77. The summed E-state index contributed by atoms with van der Waals surface area (Å²) in [6, 6.07) is 8.79. The predicted octanol–water partition coefficient (Wildman–Crippen LogP) is 5.63. The molecule has 3 heteroatoms. The van der Waals surface area contributed by atoms with Gasteiger partial charge in [0.25, 0.3) is 6.55 Å². The van der Waals surface area contributed by atoms with Gasteiger partial charge in [-0.3, -0.25) is 0 Å². The van der Waals surface area contributed by atoms with Gasteiger partial charge in [-0.2, -0.15) is 5.47 Å². The molecule has 0 atom stereocenters. The zero-order valence-corrected chi connectivity index (χ0v) is 16.9. The fraction of sp³-hybridized carbons (Fsp3) is 0.636. The Balaban J connectivity index is 2.16. The van der Waals surface area contributed by atoms with Crippen LogP contribution in [0.1, 0.15) is 85.6 Å². The predicted molar refractivity (Wildman–Crippen MR) is 108 cm³/mol. The molecule has 1 spiro atoms. The number of fused-ring (bicyclic) bond motifs is 2. The molecule has 0 amide bonds. The van der Waals surface area contributed by atoms with Crippen molar-refractivity contribution in [2.75, 3.05) is 0 Å². The van der Waals surface area contributed by atoms with E-state index in [4.69, 9.17) is 9.31 Å². The number of allylic oxidation sites excluding steroid dienone is 2. The molecule has 0 saturated carbocycles. The molecule has 0 radical (unpaired) electrons. The Morgan fingerprint density at radius 2 is 1.40 bits per heavy atom. The van der Waals surface area contributed by atoms with Crippen molar-refractivity contribution < 1.29 is 9.31 Å². The number of hydrogen-bond donors (Lipinski definition) is 0. The van der Waals surface area contributed by atoms with Gasteiger partial charge in [0.1, 0.15) is 0 Å². The molecule has 2 aliphatic rings. The van der Waals surface area contributed by atoms with Gasteiger partial charge in [0, 0.05) is 11.2 Å². The van der Waals surface area contributed by atoms with Crippen molar-refractivity contribution in [3.63, 3.8) is 0 Å². The highest BCUT2D eigenvalue weighted by molar-refractivity contribution is 6.91. The van der Waals surface area contributed by atoms with Gasteiger partial charge in [-0.1, -0.05) is 74.9 Å². The topological polar surface area (TPSA) is 18.5 Å². The monoisotopic (exact) mass is 341 g/mol. The minimum Gasteiger partial charge on any atom is -0.555 e. The zero-order valence-electron chi connectivity index (χ0n) is 16.9. The van der Waals surface area contributed by atoms with Crippen LogP contribution in [0.3, 0.4) is 0 Å². The number of rotatable bonds is 6. The maximum absolute atomic E-state index is 6.84. The van der Waals surface area contributed by atoms with Crippen LogP contribution in [-0.2, 0) is 9.31 Å². The van der Waals surface area contributed by atoms with Crippen molar-refractivity contribution >= 4 is 17.6 Å². The molecule has 138 valence electrons. The van der Waals surface area contributed by atoms with E-state index in [0.717, 1.165) is 12.8 Å². The average molecular weight is 341 g/mol. The van der Waals surface area contributed by atoms with Crippen LogP contribution >= 0.6 is 0 Å². The number of unbranched alkanes of at least 4 members (excludes halogenated alkanes) is 2. The lowest BCUT2D eigenvalue weighted by atomic mass is 9.47. The Kier molecular flexibility index (Phi) is 4.94. The van der Waals surface area contributed by atoms with Gasteiger partial charge in [0.2, 0.25) is 0 Å². The van der Waals surface area contributed by atoms with E-state index >= 15 is 0 Å². The molecule has 0 aliphatic carbocycles. The van der Waals surface area contributed by atoms with Gasteiger partial charge >= 0.3 is 0 Å². The van der Waals surface area contributed by atoms with Crippen LogP contribution in [-0.4, -0.2) is 17.8 Å².